The van der Waals surface area contributed by atoms with Crippen LogP contribution in [0.3, 0.4) is 0 Å². The number of H-pyrrole nitrogens is 2. The molecule has 4 aromatic carbocycles. The van der Waals surface area contributed by atoms with Crippen molar-refractivity contribution in [2.24, 2.45) is 0 Å². The Bertz CT molecular complexity index is 1710. The van der Waals surface area contributed by atoms with E-state index in [0.29, 0.717) is 46.4 Å². The van der Waals surface area contributed by atoms with Crippen LogP contribution in [0.25, 0.3) is 22.1 Å². The lowest BCUT2D eigenvalue weighted by atomic mass is 10.3. The van der Waals surface area contributed by atoms with E-state index in [4.69, 9.17) is 23.7 Å². The van der Waals surface area contributed by atoms with E-state index in [2.05, 4.69) is 30.6 Å². The van der Waals surface area contributed by atoms with Gasteiger partial charge in [-0.1, -0.05) is 0 Å². The Balaban J connectivity index is 1.17. The molecule has 0 aliphatic carbocycles. The third kappa shape index (κ3) is 5.33. The van der Waals surface area contributed by atoms with Crippen molar-refractivity contribution in [3.05, 3.63) is 72.8 Å². The van der Waals surface area contributed by atoms with E-state index >= 15 is 0 Å². The third-order valence-electron chi connectivity index (χ3n) is 6.44. The van der Waals surface area contributed by atoms with Gasteiger partial charge in [-0.3, -0.25) is 0 Å². The van der Waals surface area contributed by atoms with Gasteiger partial charge in [0.05, 0.1) is 50.5 Å². The highest BCUT2D eigenvalue weighted by Gasteiger charge is 2.11. The first-order valence-corrected chi connectivity index (χ1v) is 12.7. The highest BCUT2D eigenvalue weighted by atomic mass is 16.5. The van der Waals surface area contributed by atoms with Crippen molar-refractivity contribution in [2.45, 2.75) is 0 Å². The molecule has 0 saturated heterocycles. The van der Waals surface area contributed by atoms with Crippen LogP contribution < -0.4 is 34.3 Å². The van der Waals surface area contributed by atoms with E-state index in [1.807, 2.05) is 72.8 Å². The van der Waals surface area contributed by atoms with Gasteiger partial charge >= 0.3 is 0 Å². The van der Waals surface area contributed by atoms with Gasteiger partial charge in [-0.05, 0) is 48.5 Å². The predicted molar refractivity (Wildman–Crippen MR) is 158 cm³/mol. The number of methoxy groups -OCH3 is 4. The molecule has 0 atom stereocenters. The molecule has 11 nitrogen and oxygen atoms in total. The molecule has 2 heterocycles. The Labute approximate surface area is 235 Å². The molecule has 0 aliphatic heterocycles. The SMILES string of the molecule is COc1ccc(Nc2nc3cc(Oc4ccc5[nH]c(Nc6ccc(OC)c(OC)c6)nc5c4)ccc3[nH]2)cc1OC. The molecule has 0 amide bonds. The van der Waals surface area contributed by atoms with E-state index in [9.17, 15) is 0 Å². The second-order valence-electron chi connectivity index (χ2n) is 9.02. The normalized spacial score (nSPS) is 10.9. The van der Waals surface area contributed by atoms with Gasteiger partial charge in [-0.2, -0.15) is 0 Å². The van der Waals surface area contributed by atoms with Crippen molar-refractivity contribution in [1.29, 1.82) is 0 Å². The van der Waals surface area contributed by atoms with Crippen molar-refractivity contribution in [3.63, 3.8) is 0 Å². The monoisotopic (exact) mass is 552 g/mol. The molecule has 6 aromatic rings. The van der Waals surface area contributed by atoms with E-state index in [1.165, 1.54) is 0 Å². The molecule has 0 radical (unpaired) electrons. The molecule has 0 saturated carbocycles. The summed E-state index contributed by atoms with van der Waals surface area (Å²) in [6.45, 7) is 0. The van der Waals surface area contributed by atoms with Gasteiger partial charge < -0.3 is 44.3 Å². The van der Waals surface area contributed by atoms with Crippen LogP contribution in [0.5, 0.6) is 34.5 Å². The quantitative estimate of drug-likeness (QED) is 0.146. The van der Waals surface area contributed by atoms with Crippen LogP contribution in [0.1, 0.15) is 0 Å². The summed E-state index contributed by atoms with van der Waals surface area (Å²) in [6, 6.07) is 22.5. The summed E-state index contributed by atoms with van der Waals surface area (Å²) in [5.74, 6) is 5.06. The Kier molecular flexibility index (Phi) is 6.82. The molecule has 2 aromatic heterocycles. The zero-order valence-corrected chi connectivity index (χ0v) is 22.9. The number of hydrogen-bond donors (Lipinski definition) is 4. The fourth-order valence-corrected chi connectivity index (χ4v) is 4.45. The molecule has 0 bridgehead atoms. The summed E-state index contributed by atoms with van der Waals surface area (Å²) >= 11 is 0. The van der Waals surface area contributed by atoms with Gasteiger partial charge in [0.25, 0.3) is 0 Å². The number of imidazole rings is 2. The summed E-state index contributed by atoms with van der Waals surface area (Å²) < 4.78 is 27.5. The number of ether oxygens (including phenoxy) is 5. The summed E-state index contributed by atoms with van der Waals surface area (Å²) in [4.78, 5) is 15.9. The second-order valence-corrected chi connectivity index (χ2v) is 9.02. The summed E-state index contributed by atoms with van der Waals surface area (Å²) in [6.07, 6.45) is 0. The summed E-state index contributed by atoms with van der Waals surface area (Å²) in [5, 5.41) is 6.53. The molecule has 4 N–H and O–H groups in total. The lowest BCUT2D eigenvalue weighted by molar-refractivity contribution is 0.355. The molecule has 41 heavy (non-hydrogen) atoms. The van der Waals surface area contributed by atoms with E-state index in [1.54, 1.807) is 28.4 Å². The minimum Gasteiger partial charge on any atom is -0.493 e. The van der Waals surface area contributed by atoms with E-state index in [-0.39, 0.29) is 0 Å². The van der Waals surface area contributed by atoms with Gasteiger partial charge in [0.15, 0.2) is 23.0 Å². The number of rotatable bonds is 10. The van der Waals surface area contributed by atoms with Gasteiger partial charge in [0.2, 0.25) is 11.9 Å². The fourth-order valence-electron chi connectivity index (χ4n) is 4.45. The highest BCUT2D eigenvalue weighted by molar-refractivity contribution is 5.82. The first-order valence-electron chi connectivity index (χ1n) is 12.7. The molecule has 0 unspecified atom stereocenters. The summed E-state index contributed by atoms with van der Waals surface area (Å²) in [5.41, 5.74) is 4.87. The zero-order valence-electron chi connectivity index (χ0n) is 22.9. The summed E-state index contributed by atoms with van der Waals surface area (Å²) in [7, 11) is 6.41. The Hall–Kier alpha value is -5.58. The Morgan fingerprint density at radius 2 is 0.951 bits per heavy atom. The van der Waals surface area contributed by atoms with Crippen molar-refractivity contribution in [1.82, 2.24) is 19.9 Å². The van der Waals surface area contributed by atoms with Crippen LogP contribution in [0.15, 0.2) is 72.8 Å². The number of benzene rings is 4. The van der Waals surface area contributed by atoms with Crippen LogP contribution in [-0.2, 0) is 0 Å². The number of nitrogens with one attached hydrogen (secondary N) is 4. The number of aromatic nitrogens is 4. The smallest absolute Gasteiger partial charge is 0.205 e. The van der Waals surface area contributed by atoms with Gasteiger partial charge in [0.1, 0.15) is 11.5 Å². The molecule has 0 aliphatic rings. The number of fused-ring (bicyclic) bond motifs is 2. The number of aromatic amines is 2. The maximum absolute atomic E-state index is 6.15. The highest BCUT2D eigenvalue weighted by Crippen LogP contribution is 2.33. The average molecular weight is 553 g/mol. The van der Waals surface area contributed by atoms with Crippen LogP contribution >= 0.6 is 0 Å². The fraction of sp³-hybridized carbons (Fsp3) is 0.133. The number of anilines is 4. The largest absolute Gasteiger partial charge is 0.493 e. The molecule has 11 heteroatoms. The minimum atomic E-state index is 0.594. The maximum Gasteiger partial charge on any atom is 0.205 e. The maximum atomic E-state index is 6.15. The minimum absolute atomic E-state index is 0.594. The van der Waals surface area contributed by atoms with Gasteiger partial charge in [-0.25, -0.2) is 9.97 Å². The molecule has 208 valence electrons. The van der Waals surface area contributed by atoms with Crippen molar-refractivity contribution in [3.8, 4) is 34.5 Å². The van der Waals surface area contributed by atoms with Crippen molar-refractivity contribution >= 4 is 45.3 Å². The number of nitrogens with zero attached hydrogens (tertiary/aromatic N) is 2. The van der Waals surface area contributed by atoms with Crippen molar-refractivity contribution in [2.75, 3.05) is 39.1 Å². The Morgan fingerprint density at radius 1 is 0.512 bits per heavy atom. The molecular weight excluding hydrogens is 524 g/mol. The number of hydrogen-bond acceptors (Lipinski definition) is 9. The van der Waals surface area contributed by atoms with Crippen LogP contribution in [0.4, 0.5) is 23.3 Å². The molecule has 0 fully saturated rings. The molecular formula is C30H28N6O5. The van der Waals surface area contributed by atoms with Crippen LogP contribution in [0.2, 0.25) is 0 Å². The van der Waals surface area contributed by atoms with E-state index in [0.717, 1.165) is 33.4 Å². The van der Waals surface area contributed by atoms with Gasteiger partial charge in [-0.15, -0.1) is 0 Å². The van der Waals surface area contributed by atoms with E-state index < -0.39 is 0 Å². The lowest BCUT2D eigenvalue weighted by Crippen LogP contribution is -1.95. The molecule has 6 rings (SSSR count). The standard InChI is InChI=1S/C30H28N6O5/c1-37-25-11-5-17(13-27(25)39-3)31-29-33-21-9-7-19(15-23(21)35-29)41-20-8-10-22-24(16-20)36-30(34-22)32-18-6-12-26(38-2)28(14-18)40-4/h5-16H,1-4H3,(H2,31,33,35)(H2,32,34,36). The van der Waals surface area contributed by atoms with Crippen molar-refractivity contribution < 1.29 is 23.7 Å². The molecule has 0 spiro atoms. The average Bonchev–Trinajstić information content (AvgIpc) is 3.59. The van der Waals surface area contributed by atoms with Gasteiger partial charge in [0, 0.05) is 35.6 Å². The first-order chi connectivity index (χ1) is 20.0. The lowest BCUT2D eigenvalue weighted by Gasteiger charge is -2.09. The van der Waals surface area contributed by atoms with Crippen LogP contribution in [0, 0.1) is 0 Å². The predicted octanol–water partition coefficient (Wildman–Crippen LogP) is 6.75. The third-order valence-corrected chi connectivity index (χ3v) is 6.44. The zero-order chi connectivity index (χ0) is 28.3. The Morgan fingerprint density at radius 3 is 1.37 bits per heavy atom. The topological polar surface area (TPSA) is 128 Å². The van der Waals surface area contributed by atoms with Crippen LogP contribution in [-0.4, -0.2) is 48.4 Å². The first kappa shape index (κ1) is 25.7. The second kappa shape index (κ2) is 10.9.